The molecule has 0 aliphatic rings. The van der Waals surface area contributed by atoms with E-state index < -0.39 is 5.54 Å². The van der Waals surface area contributed by atoms with Crippen LogP contribution in [0.25, 0.3) is 0 Å². The zero-order valence-corrected chi connectivity index (χ0v) is 10.9. The maximum atomic E-state index is 12.0. The van der Waals surface area contributed by atoms with Crippen LogP contribution in [0, 0.1) is 12.8 Å². The summed E-state index contributed by atoms with van der Waals surface area (Å²) in [5, 5.41) is 6.77. The molecule has 0 saturated heterocycles. The van der Waals surface area contributed by atoms with Crippen LogP contribution in [0.2, 0.25) is 0 Å². The number of nitrogens with two attached hydrogens (primary N) is 1. The molecule has 1 aromatic heterocycles. The molecule has 1 rings (SSSR count). The Labute approximate surface area is 99.6 Å². The van der Waals surface area contributed by atoms with Crippen molar-refractivity contribution >= 4 is 17.4 Å². The Bertz CT molecular complexity index is 377. The van der Waals surface area contributed by atoms with E-state index in [9.17, 15) is 4.79 Å². The zero-order chi connectivity index (χ0) is 12.3. The summed E-state index contributed by atoms with van der Waals surface area (Å²) >= 11 is 1.11. The molecular formula is C10H18N4OS. The minimum Gasteiger partial charge on any atom is -0.345 e. The zero-order valence-electron chi connectivity index (χ0n) is 10.1. The lowest BCUT2D eigenvalue weighted by Crippen LogP contribution is -2.54. The highest BCUT2D eigenvalue weighted by Crippen LogP contribution is 2.17. The number of hydrogen-bond donors (Lipinski definition) is 2. The molecule has 1 amide bonds. The van der Waals surface area contributed by atoms with Gasteiger partial charge in [0.15, 0.2) is 0 Å². The fourth-order valence-corrected chi connectivity index (χ4v) is 1.74. The van der Waals surface area contributed by atoms with Gasteiger partial charge in [-0.05, 0) is 31.3 Å². The number of aryl methyl sites for hydroxylation is 1. The molecule has 1 heterocycles. The van der Waals surface area contributed by atoms with Crippen LogP contribution in [-0.4, -0.2) is 27.6 Å². The van der Waals surface area contributed by atoms with Crippen LogP contribution in [-0.2, 0) is 0 Å². The first-order valence-corrected chi connectivity index (χ1v) is 5.99. The molecule has 0 aromatic carbocycles. The maximum Gasteiger partial charge on any atom is 0.265 e. The second-order valence-electron chi connectivity index (χ2n) is 4.42. The van der Waals surface area contributed by atoms with Crippen molar-refractivity contribution < 1.29 is 4.79 Å². The van der Waals surface area contributed by atoms with Crippen LogP contribution in [0.15, 0.2) is 0 Å². The SMILES string of the molecule is Cc1nnsc1C(=O)NC(C)(CN)C(C)C. The molecule has 0 saturated carbocycles. The predicted molar refractivity (Wildman–Crippen MR) is 64.4 cm³/mol. The first-order valence-electron chi connectivity index (χ1n) is 5.22. The molecule has 0 aliphatic carbocycles. The average molecular weight is 242 g/mol. The minimum atomic E-state index is -0.395. The van der Waals surface area contributed by atoms with Gasteiger partial charge >= 0.3 is 0 Å². The number of amides is 1. The Morgan fingerprint density at radius 1 is 1.62 bits per heavy atom. The summed E-state index contributed by atoms with van der Waals surface area (Å²) in [6.07, 6.45) is 0. The summed E-state index contributed by atoms with van der Waals surface area (Å²) < 4.78 is 3.74. The van der Waals surface area contributed by atoms with Crippen molar-refractivity contribution in [2.45, 2.75) is 33.2 Å². The van der Waals surface area contributed by atoms with E-state index >= 15 is 0 Å². The molecule has 0 radical (unpaired) electrons. The first-order chi connectivity index (χ1) is 7.40. The lowest BCUT2D eigenvalue weighted by molar-refractivity contribution is 0.0886. The van der Waals surface area contributed by atoms with Gasteiger partial charge in [0.05, 0.1) is 11.2 Å². The second-order valence-corrected chi connectivity index (χ2v) is 5.17. The van der Waals surface area contributed by atoms with Crippen LogP contribution in [0.3, 0.4) is 0 Å². The Balaban J connectivity index is 2.82. The average Bonchev–Trinajstić information content (AvgIpc) is 2.64. The van der Waals surface area contributed by atoms with E-state index in [0.717, 1.165) is 11.5 Å². The van der Waals surface area contributed by atoms with Crippen molar-refractivity contribution in [3.8, 4) is 0 Å². The summed E-state index contributed by atoms with van der Waals surface area (Å²) in [7, 11) is 0. The highest BCUT2D eigenvalue weighted by atomic mass is 32.1. The molecule has 3 N–H and O–H groups in total. The van der Waals surface area contributed by atoms with Gasteiger partial charge in [-0.25, -0.2) is 0 Å². The van der Waals surface area contributed by atoms with E-state index in [2.05, 4.69) is 14.9 Å². The van der Waals surface area contributed by atoms with Gasteiger partial charge in [-0.1, -0.05) is 18.3 Å². The number of carbonyl (C=O) groups is 1. The summed E-state index contributed by atoms with van der Waals surface area (Å²) in [4.78, 5) is 12.5. The fourth-order valence-electron chi connectivity index (χ4n) is 1.19. The number of aromatic nitrogens is 2. The van der Waals surface area contributed by atoms with Gasteiger partial charge in [0, 0.05) is 6.54 Å². The third kappa shape index (κ3) is 2.56. The highest BCUT2D eigenvalue weighted by molar-refractivity contribution is 7.08. The van der Waals surface area contributed by atoms with Gasteiger partial charge < -0.3 is 11.1 Å². The first kappa shape index (κ1) is 13.1. The summed E-state index contributed by atoms with van der Waals surface area (Å²) in [5.74, 6) is 0.122. The minimum absolute atomic E-state index is 0.144. The Kier molecular flexibility index (Phi) is 3.98. The van der Waals surface area contributed by atoms with Gasteiger partial charge in [-0.3, -0.25) is 4.79 Å². The van der Waals surface area contributed by atoms with Crippen LogP contribution >= 0.6 is 11.5 Å². The van der Waals surface area contributed by atoms with Crippen molar-refractivity contribution in [3.05, 3.63) is 10.6 Å². The number of carbonyl (C=O) groups excluding carboxylic acids is 1. The number of nitrogens with zero attached hydrogens (tertiary/aromatic N) is 2. The molecule has 6 heteroatoms. The van der Waals surface area contributed by atoms with E-state index in [1.54, 1.807) is 6.92 Å². The summed E-state index contributed by atoms with van der Waals surface area (Å²) in [6.45, 7) is 8.18. The van der Waals surface area contributed by atoms with Gasteiger partial charge in [0.25, 0.3) is 5.91 Å². The van der Waals surface area contributed by atoms with Crippen molar-refractivity contribution in [2.24, 2.45) is 11.7 Å². The summed E-state index contributed by atoms with van der Waals surface area (Å²) in [5.41, 5.74) is 5.97. The lowest BCUT2D eigenvalue weighted by atomic mass is 9.88. The normalized spacial score (nSPS) is 14.9. The van der Waals surface area contributed by atoms with E-state index in [0.29, 0.717) is 17.1 Å². The molecular weight excluding hydrogens is 224 g/mol. The topological polar surface area (TPSA) is 80.9 Å². The second kappa shape index (κ2) is 4.88. The number of hydrogen-bond acceptors (Lipinski definition) is 5. The monoisotopic (exact) mass is 242 g/mol. The fraction of sp³-hybridized carbons (Fsp3) is 0.700. The molecule has 5 nitrogen and oxygen atoms in total. The Morgan fingerprint density at radius 3 is 2.62 bits per heavy atom. The molecule has 0 aliphatic heterocycles. The van der Waals surface area contributed by atoms with Gasteiger partial charge in [0.1, 0.15) is 4.88 Å². The molecule has 1 atom stereocenters. The van der Waals surface area contributed by atoms with Crippen molar-refractivity contribution in [2.75, 3.05) is 6.54 Å². The van der Waals surface area contributed by atoms with Crippen LogP contribution in [0.1, 0.15) is 36.1 Å². The lowest BCUT2D eigenvalue weighted by Gasteiger charge is -2.33. The largest absolute Gasteiger partial charge is 0.345 e. The maximum absolute atomic E-state index is 12.0. The predicted octanol–water partition coefficient (Wildman–Crippen LogP) is 0.950. The Morgan fingerprint density at radius 2 is 2.25 bits per heavy atom. The van der Waals surface area contributed by atoms with Crippen LogP contribution in [0.5, 0.6) is 0 Å². The van der Waals surface area contributed by atoms with E-state index in [-0.39, 0.29) is 11.8 Å². The van der Waals surface area contributed by atoms with E-state index in [1.807, 2.05) is 20.8 Å². The number of rotatable bonds is 4. The van der Waals surface area contributed by atoms with Gasteiger partial charge in [-0.15, -0.1) is 5.10 Å². The van der Waals surface area contributed by atoms with Crippen molar-refractivity contribution in [3.63, 3.8) is 0 Å². The van der Waals surface area contributed by atoms with Crippen LogP contribution < -0.4 is 11.1 Å². The standard InChI is InChI=1S/C10H18N4OS/c1-6(2)10(4,5-11)12-9(15)8-7(3)13-14-16-8/h6H,5,11H2,1-4H3,(H,12,15). The molecule has 90 valence electrons. The van der Waals surface area contributed by atoms with E-state index in [1.165, 1.54) is 0 Å². The molecule has 1 aromatic rings. The van der Waals surface area contributed by atoms with Crippen LogP contribution in [0.4, 0.5) is 0 Å². The van der Waals surface area contributed by atoms with E-state index in [4.69, 9.17) is 5.73 Å². The molecule has 1 unspecified atom stereocenters. The highest BCUT2D eigenvalue weighted by Gasteiger charge is 2.30. The van der Waals surface area contributed by atoms with Gasteiger partial charge in [0.2, 0.25) is 0 Å². The Hall–Kier alpha value is -1.01. The molecule has 0 fully saturated rings. The molecule has 0 bridgehead atoms. The summed E-state index contributed by atoms with van der Waals surface area (Å²) in [6, 6.07) is 0. The van der Waals surface area contributed by atoms with Crippen molar-refractivity contribution in [1.82, 2.24) is 14.9 Å². The third-order valence-electron chi connectivity index (χ3n) is 2.96. The smallest absolute Gasteiger partial charge is 0.265 e. The third-order valence-corrected chi connectivity index (χ3v) is 3.78. The molecule has 16 heavy (non-hydrogen) atoms. The number of nitrogens with one attached hydrogen (secondary N) is 1. The molecule has 0 spiro atoms. The van der Waals surface area contributed by atoms with Gasteiger partial charge in [-0.2, -0.15) is 0 Å². The van der Waals surface area contributed by atoms with Crippen molar-refractivity contribution in [1.29, 1.82) is 0 Å². The quantitative estimate of drug-likeness (QED) is 0.823.